The Morgan fingerprint density at radius 3 is 3.00 bits per heavy atom. The van der Waals surface area contributed by atoms with Gasteiger partial charge in [0.2, 0.25) is 0 Å². The minimum absolute atomic E-state index is 0.0402. The molecule has 2 N–H and O–H groups in total. The summed E-state index contributed by atoms with van der Waals surface area (Å²) in [5.41, 5.74) is 2.39. The fourth-order valence-electron chi connectivity index (χ4n) is 1.93. The molecule has 0 aliphatic rings. The molecule has 2 rings (SSSR count). The van der Waals surface area contributed by atoms with Gasteiger partial charge in [-0.2, -0.15) is 5.10 Å². The van der Waals surface area contributed by atoms with E-state index >= 15 is 0 Å². The van der Waals surface area contributed by atoms with Crippen LogP contribution in [0.5, 0.6) is 0 Å². The molecule has 0 saturated carbocycles. The van der Waals surface area contributed by atoms with E-state index in [1.165, 1.54) is 6.07 Å². The van der Waals surface area contributed by atoms with Gasteiger partial charge in [-0.25, -0.2) is 0 Å². The van der Waals surface area contributed by atoms with Crippen LogP contribution in [0.25, 0.3) is 0 Å². The molecule has 0 aliphatic heterocycles. The monoisotopic (exact) mass is 276 g/mol. The van der Waals surface area contributed by atoms with E-state index in [0.29, 0.717) is 18.7 Å². The van der Waals surface area contributed by atoms with Crippen molar-refractivity contribution >= 4 is 11.4 Å². The number of nitrogens with one attached hydrogen (secondary N) is 1. The summed E-state index contributed by atoms with van der Waals surface area (Å²) in [6.45, 7) is 2.73. The highest BCUT2D eigenvalue weighted by molar-refractivity contribution is 5.59. The molecule has 0 atom stereocenters. The highest BCUT2D eigenvalue weighted by atomic mass is 16.6. The van der Waals surface area contributed by atoms with Crippen LogP contribution in [-0.2, 0) is 13.1 Å². The molecule has 7 heteroatoms. The molecule has 0 radical (unpaired) electrons. The van der Waals surface area contributed by atoms with Gasteiger partial charge in [0.1, 0.15) is 0 Å². The molecule has 0 spiro atoms. The Morgan fingerprint density at radius 2 is 2.30 bits per heavy atom. The van der Waals surface area contributed by atoms with Crippen molar-refractivity contribution in [1.29, 1.82) is 0 Å². The van der Waals surface area contributed by atoms with Crippen LogP contribution in [0.1, 0.15) is 11.1 Å². The van der Waals surface area contributed by atoms with E-state index in [2.05, 4.69) is 10.4 Å². The normalized spacial score (nSPS) is 10.5. The van der Waals surface area contributed by atoms with Crippen molar-refractivity contribution in [1.82, 2.24) is 9.78 Å². The Morgan fingerprint density at radius 1 is 1.50 bits per heavy atom. The van der Waals surface area contributed by atoms with E-state index in [1.54, 1.807) is 29.9 Å². The van der Waals surface area contributed by atoms with Crippen LogP contribution in [0.2, 0.25) is 0 Å². The zero-order chi connectivity index (χ0) is 14.5. The molecule has 0 fully saturated rings. The molecule has 7 nitrogen and oxygen atoms in total. The third-order valence-corrected chi connectivity index (χ3v) is 3.00. The summed E-state index contributed by atoms with van der Waals surface area (Å²) in [6.07, 6.45) is 3.53. The van der Waals surface area contributed by atoms with Crippen LogP contribution < -0.4 is 5.32 Å². The van der Waals surface area contributed by atoms with E-state index in [-0.39, 0.29) is 17.2 Å². The van der Waals surface area contributed by atoms with Crippen molar-refractivity contribution in [3.05, 3.63) is 51.8 Å². The van der Waals surface area contributed by atoms with Gasteiger partial charge in [0, 0.05) is 35.6 Å². The minimum atomic E-state index is -0.389. The average Bonchev–Trinajstić information content (AvgIpc) is 2.85. The lowest BCUT2D eigenvalue weighted by Crippen LogP contribution is -2.03. The summed E-state index contributed by atoms with van der Waals surface area (Å²) in [7, 11) is 0. The summed E-state index contributed by atoms with van der Waals surface area (Å²) in [5, 5.41) is 26.9. The maximum atomic E-state index is 10.9. The first-order valence-corrected chi connectivity index (χ1v) is 6.22. The topological polar surface area (TPSA) is 93.2 Å². The first-order valence-electron chi connectivity index (χ1n) is 6.22. The zero-order valence-electron chi connectivity index (χ0n) is 11.1. The van der Waals surface area contributed by atoms with E-state index in [1.807, 2.05) is 6.20 Å². The lowest BCUT2D eigenvalue weighted by Gasteiger charge is -2.08. The van der Waals surface area contributed by atoms with Gasteiger partial charge in [-0.15, -0.1) is 0 Å². The standard InChI is InChI=1S/C13H16N4O3/c1-10-12(3-2-4-13(10)17(19)20)14-7-11-8-15-16(9-11)5-6-18/h2-4,8-9,14,18H,5-7H2,1H3. The Bertz CT molecular complexity index is 609. The van der Waals surface area contributed by atoms with Crippen LogP contribution in [-0.4, -0.2) is 26.4 Å². The molecular weight excluding hydrogens is 260 g/mol. The van der Waals surface area contributed by atoms with Gasteiger partial charge in [-0.3, -0.25) is 14.8 Å². The average molecular weight is 276 g/mol. The van der Waals surface area contributed by atoms with Crippen LogP contribution in [0.4, 0.5) is 11.4 Å². The second-order valence-electron chi connectivity index (χ2n) is 4.40. The fourth-order valence-corrected chi connectivity index (χ4v) is 1.93. The molecule has 0 amide bonds. The second kappa shape index (κ2) is 6.16. The van der Waals surface area contributed by atoms with Gasteiger partial charge in [-0.1, -0.05) is 6.07 Å². The summed E-state index contributed by atoms with van der Waals surface area (Å²) in [6, 6.07) is 4.95. The van der Waals surface area contributed by atoms with Gasteiger partial charge >= 0.3 is 0 Å². The highest BCUT2D eigenvalue weighted by Gasteiger charge is 2.12. The molecule has 1 aromatic carbocycles. The first kappa shape index (κ1) is 14.0. The number of hydrogen-bond acceptors (Lipinski definition) is 5. The number of aliphatic hydroxyl groups excluding tert-OH is 1. The van der Waals surface area contributed by atoms with Crippen LogP contribution in [0.15, 0.2) is 30.6 Å². The van der Waals surface area contributed by atoms with Crippen molar-refractivity contribution in [2.75, 3.05) is 11.9 Å². The van der Waals surface area contributed by atoms with Crippen molar-refractivity contribution in [3.8, 4) is 0 Å². The van der Waals surface area contributed by atoms with Gasteiger partial charge in [0.25, 0.3) is 5.69 Å². The molecule has 1 aromatic heterocycles. The lowest BCUT2D eigenvalue weighted by atomic mass is 10.1. The molecule has 20 heavy (non-hydrogen) atoms. The van der Waals surface area contributed by atoms with Gasteiger partial charge in [0.15, 0.2) is 0 Å². The first-order chi connectivity index (χ1) is 9.61. The molecule has 2 aromatic rings. The summed E-state index contributed by atoms with van der Waals surface area (Å²) in [4.78, 5) is 10.5. The third kappa shape index (κ3) is 3.12. The van der Waals surface area contributed by atoms with E-state index in [9.17, 15) is 10.1 Å². The van der Waals surface area contributed by atoms with Crippen LogP contribution in [0.3, 0.4) is 0 Å². The van der Waals surface area contributed by atoms with Crippen LogP contribution in [0, 0.1) is 17.0 Å². The maximum absolute atomic E-state index is 10.9. The Balaban J connectivity index is 2.06. The third-order valence-electron chi connectivity index (χ3n) is 3.00. The summed E-state index contributed by atoms with van der Waals surface area (Å²) >= 11 is 0. The largest absolute Gasteiger partial charge is 0.394 e. The molecule has 0 aliphatic carbocycles. The van der Waals surface area contributed by atoms with Crippen molar-refractivity contribution in [2.24, 2.45) is 0 Å². The number of aliphatic hydroxyl groups is 1. The smallest absolute Gasteiger partial charge is 0.274 e. The maximum Gasteiger partial charge on any atom is 0.274 e. The number of aromatic nitrogens is 2. The number of nitrogens with zero attached hydrogens (tertiary/aromatic N) is 3. The molecule has 106 valence electrons. The summed E-state index contributed by atoms with van der Waals surface area (Å²) < 4.78 is 1.65. The Kier molecular flexibility index (Phi) is 4.31. The number of benzene rings is 1. The van der Waals surface area contributed by atoms with E-state index in [0.717, 1.165) is 11.3 Å². The predicted molar refractivity (Wildman–Crippen MR) is 74.5 cm³/mol. The SMILES string of the molecule is Cc1c(NCc2cnn(CCO)c2)cccc1[N+](=O)[O-]. The fraction of sp³-hybridized carbons (Fsp3) is 0.308. The van der Waals surface area contributed by atoms with Gasteiger partial charge < -0.3 is 10.4 Å². The summed E-state index contributed by atoms with van der Waals surface area (Å²) in [5.74, 6) is 0. The number of nitro groups is 1. The van der Waals surface area contributed by atoms with Crippen molar-refractivity contribution < 1.29 is 10.0 Å². The van der Waals surface area contributed by atoms with Crippen molar-refractivity contribution in [3.63, 3.8) is 0 Å². The quantitative estimate of drug-likeness (QED) is 0.618. The lowest BCUT2D eigenvalue weighted by molar-refractivity contribution is -0.385. The molecule has 0 unspecified atom stereocenters. The molecule has 0 bridgehead atoms. The number of anilines is 1. The Labute approximate surface area is 116 Å². The predicted octanol–water partition coefficient (Wildman–Crippen LogP) is 1.70. The number of rotatable bonds is 6. The van der Waals surface area contributed by atoms with Gasteiger partial charge in [-0.05, 0) is 13.0 Å². The molecular formula is C13H16N4O3. The Hall–Kier alpha value is -2.41. The van der Waals surface area contributed by atoms with Gasteiger partial charge in [0.05, 0.1) is 24.3 Å². The highest BCUT2D eigenvalue weighted by Crippen LogP contribution is 2.25. The molecule has 0 saturated heterocycles. The number of nitro benzene ring substituents is 1. The second-order valence-corrected chi connectivity index (χ2v) is 4.40. The van der Waals surface area contributed by atoms with E-state index in [4.69, 9.17) is 5.11 Å². The van der Waals surface area contributed by atoms with E-state index < -0.39 is 0 Å². The van der Waals surface area contributed by atoms with Crippen LogP contribution >= 0.6 is 0 Å². The van der Waals surface area contributed by atoms with Crippen molar-refractivity contribution in [2.45, 2.75) is 20.0 Å². The zero-order valence-corrected chi connectivity index (χ0v) is 11.1. The molecule has 1 heterocycles. The minimum Gasteiger partial charge on any atom is -0.394 e. The number of hydrogen-bond donors (Lipinski definition) is 2.